The van der Waals surface area contributed by atoms with E-state index >= 15 is 0 Å². The number of carbonyl (C=O) groups is 1. The van der Waals surface area contributed by atoms with Gasteiger partial charge in [-0.15, -0.1) is 0 Å². The van der Waals surface area contributed by atoms with Crippen molar-refractivity contribution in [3.8, 4) is 11.3 Å². The van der Waals surface area contributed by atoms with Crippen LogP contribution in [-0.4, -0.2) is 27.6 Å². The lowest BCUT2D eigenvalue weighted by Crippen LogP contribution is -2.29. The summed E-state index contributed by atoms with van der Waals surface area (Å²) >= 11 is 6.43. The summed E-state index contributed by atoms with van der Waals surface area (Å²) in [6.45, 7) is 8.52. The van der Waals surface area contributed by atoms with Gasteiger partial charge in [-0.25, -0.2) is 4.79 Å². The number of aryl methyl sites for hydroxylation is 1. The smallest absolute Gasteiger partial charge is 0.360 e. The van der Waals surface area contributed by atoms with Gasteiger partial charge in [-0.05, 0) is 25.3 Å². The third-order valence-corrected chi connectivity index (χ3v) is 3.88. The Morgan fingerprint density at radius 1 is 1.48 bits per heavy atom. The van der Waals surface area contributed by atoms with Gasteiger partial charge in [0.25, 0.3) is 0 Å². The second kappa shape index (κ2) is 7.00. The van der Waals surface area contributed by atoms with Crippen molar-refractivity contribution in [2.75, 3.05) is 6.61 Å². The number of rotatable bonds is 5. The zero-order chi connectivity index (χ0) is 17.1. The minimum Gasteiger partial charge on any atom is -0.461 e. The van der Waals surface area contributed by atoms with Crippen LogP contribution in [0.15, 0.2) is 18.5 Å². The molecule has 2 aromatic rings. The Morgan fingerprint density at radius 2 is 2.17 bits per heavy atom. The number of hydrogen-bond donors (Lipinski definition) is 1. The van der Waals surface area contributed by atoms with E-state index in [9.17, 15) is 10.0 Å². The van der Waals surface area contributed by atoms with Crippen LogP contribution in [0.3, 0.4) is 0 Å². The van der Waals surface area contributed by atoms with Crippen LogP contribution in [0.2, 0.25) is 5.02 Å². The normalized spacial score (nSPS) is 11.0. The molecule has 2 rings (SSSR count). The van der Waals surface area contributed by atoms with E-state index in [2.05, 4.69) is 5.10 Å². The SMILES string of the molecule is CCOC(=O)c1nn(CC)c(-c2c[n+](O)ccc2C(C)C)c1Cl. The maximum Gasteiger partial charge on any atom is 0.360 e. The summed E-state index contributed by atoms with van der Waals surface area (Å²) in [7, 11) is 0. The maximum absolute atomic E-state index is 12.0. The summed E-state index contributed by atoms with van der Waals surface area (Å²) in [6.07, 6.45) is 3.13. The Labute approximate surface area is 140 Å². The van der Waals surface area contributed by atoms with E-state index in [1.54, 1.807) is 24.0 Å². The molecule has 2 heterocycles. The van der Waals surface area contributed by atoms with Crippen molar-refractivity contribution < 1.29 is 19.5 Å². The minimum atomic E-state index is -0.551. The van der Waals surface area contributed by atoms with Gasteiger partial charge >= 0.3 is 5.97 Å². The Kier molecular flexibility index (Phi) is 5.26. The summed E-state index contributed by atoms with van der Waals surface area (Å²) in [6, 6.07) is 1.83. The Morgan fingerprint density at radius 3 is 2.74 bits per heavy atom. The number of nitrogens with zero attached hydrogens (tertiary/aromatic N) is 3. The van der Waals surface area contributed by atoms with E-state index < -0.39 is 5.97 Å². The number of halogens is 1. The van der Waals surface area contributed by atoms with Crippen LogP contribution >= 0.6 is 11.6 Å². The molecule has 0 aliphatic rings. The lowest BCUT2D eigenvalue weighted by atomic mass is 9.97. The van der Waals surface area contributed by atoms with Crippen molar-refractivity contribution >= 4 is 17.6 Å². The fraction of sp³-hybridized carbons (Fsp3) is 0.438. The zero-order valence-electron chi connectivity index (χ0n) is 13.7. The molecular formula is C16H21ClN3O3+. The van der Waals surface area contributed by atoms with E-state index in [1.807, 2.05) is 26.8 Å². The van der Waals surface area contributed by atoms with Crippen molar-refractivity contribution in [2.45, 2.75) is 40.2 Å². The lowest BCUT2D eigenvalue weighted by Gasteiger charge is -2.11. The molecule has 0 saturated heterocycles. The fourth-order valence-electron chi connectivity index (χ4n) is 2.45. The molecule has 0 aliphatic heterocycles. The molecule has 124 valence electrons. The Balaban J connectivity index is 2.69. The summed E-state index contributed by atoms with van der Waals surface area (Å²) in [5.41, 5.74) is 2.43. The van der Waals surface area contributed by atoms with Crippen molar-refractivity contribution in [2.24, 2.45) is 0 Å². The van der Waals surface area contributed by atoms with Gasteiger partial charge in [0.15, 0.2) is 5.69 Å². The first kappa shape index (κ1) is 17.3. The summed E-state index contributed by atoms with van der Waals surface area (Å²) < 4.78 is 7.62. The van der Waals surface area contributed by atoms with Crippen LogP contribution in [-0.2, 0) is 11.3 Å². The zero-order valence-corrected chi connectivity index (χ0v) is 14.5. The lowest BCUT2D eigenvalue weighted by molar-refractivity contribution is -0.904. The van der Waals surface area contributed by atoms with Gasteiger partial charge in [-0.3, -0.25) is 9.89 Å². The topological polar surface area (TPSA) is 68.2 Å². The Hall–Kier alpha value is -2.08. The average Bonchev–Trinajstić information content (AvgIpc) is 2.83. The maximum atomic E-state index is 12.0. The molecule has 6 nitrogen and oxygen atoms in total. The van der Waals surface area contributed by atoms with Crippen molar-refractivity contribution in [3.63, 3.8) is 0 Å². The van der Waals surface area contributed by atoms with Crippen molar-refractivity contribution in [1.29, 1.82) is 0 Å². The molecule has 0 atom stereocenters. The predicted octanol–water partition coefficient (Wildman–Crippen LogP) is 3.05. The highest BCUT2D eigenvalue weighted by atomic mass is 35.5. The number of ether oxygens (including phenoxy) is 1. The number of hydrogen-bond acceptors (Lipinski definition) is 4. The molecule has 2 aromatic heterocycles. The van der Waals surface area contributed by atoms with Crippen LogP contribution in [0.5, 0.6) is 0 Å². The molecule has 0 amide bonds. The first-order valence-electron chi connectivity index (χ1n) is 7.58. The third kappa shape index (κ3) is 3.32. The fourth-order valence-corrected chi connectivity index (χ4v) is 2.77. The van der Waals surface area contributed by atoms with Crippen LogP contribution in [0.1, 0.15) is 49.7 Å². The van der Waals surface area contributed by atoms with E-state index in [0.717, 1.165) is 15.9 Å². The predicted molar refractivity (Wildman–Crippen MR) is 85.8 cm³/mol. The van der Waals surface area contributed by atoms with Crippen LogP contribution in [0.25, 0.3) is 11.3 Å². The van der Waals surface area contributed by atoms with Crippen LogP contribution < -0.4 is 4.73 Å². The molecule has 0 bridgehead atoms. The number of aromatic nitrogens is 3. The Bertz CT molecular complexity index is 726. The highest BCUT2D eigenvalue weighted by Crippen LogP contribution is 2.35. The summed E-state index contributed by atoms with van der Waals surface area (Å²) in [4.78, 5) is 12.0. The van der Waals surface area contributed by atoms with E-state index in [4.69, 9.17) is 16.3 Å². The van der Waals surface area contributed by atoms with Gasteiger partial charge in [0, 0.05) is 17.3 Å². The molecule has 0 fully saturated rings. The molecule has 0 saturated carbocycles. The van der Waals surface area contributed by atoms with Crippen molar-refractivity contribution in [3.05, 3.63) is 34.7 Å². The number of esters is 1. The second-order valence-electron chi connectivity index (χ2n) is 5.40. The molecule has 7 heteroatoms. The average molecular weight is 339 g/mol. The van der Waals surface area contributed by atoms with Gasteiger partial charge < -0.3 is 4.74 Å². The molecule has 0 aliphatic carbocycles. The number of carbonyl (C=O) groups excluding carboxylic acids is 1. The molecule has 1 N–H and O–H groups in total. The van der Waals surface area contributed by atoms with Gasteiger partial charge in [-0.2, -0.15) is 5.10 Å². The van der Waals surface area contributed by atoms with Gasteiger partial charge in [0.2, 0.25) is 12.4 Å². The number of pyridine rings is 1. The van der Waals surface area contributed by atoms with E-state index in [-0.39, 0.29) is 23.2 Å². The van der Waals surface area contributed by atoms with Crippen LogP contribution in [0.4, 0.5) is 0 Å². The van der Waals surface area contributed by atoms with Gasteiger partial charge in [0.05, 0.1) is 17.9 Å². The molecule has 0 aromatic carbocycles. The highest BCUT2D eigenvalue weighted by molar-refractivity contribution is 6.35. The first-order valence-corrected chi connectivity index (χ1v) is 7.96. The van der Waals surface area contributed by atoms with Crippen molar-refractivity contribution in [1.82, 2.24) is 9.78 Å². The highest BCUT2D eigenvalue weighted by Gasteiger charge is 2.27. The molecular weight excluding hydrogens is 318 g/mol. The summed E-state index contributed by atoms with van der Waals surface area (Å²) in [5.74, 6) is -0.335. The molecule has 0 radical (unpaired) electrons. The molecule has 0 unspecified atom stereocenters. The summed E-state index contributed by atoms with van der Waals surface area (Å²) in [5, 5.41) is 14.3. The van der Waals surface area contributed by atoms with E-state index in [1.165, 1.54) is 0 Å². The monoisotopic (exact) mass is 338 g/mol. The minimum absolute atomic E-state index is 0.0911. The first-order chi connectivity index (χ1) is 10.9. The quantitative estimate of drug-likeness (QED) is 0.517. The molecule has 0 spiro atoms. The second-order valence-corrected chi connectivity index (χ2v) is 5.77. The van der Waals surface area contributed by atoms with Crippen LogP contribution in [0, 0.1) is 0 Å². The standard InChI is InChI=1S/C16H21ClN3O3/c1-5-20-15(13(17)14(18-20)16(21)23-6-2)12-9-19(22)8-7-11(12)10(3)4/h7-10,22H,5-6H2,1-4H3/q+1. The van der Waals surface area contributed by atoms with Gasteiger partial charge in [-0.1, -0.05) is 25.4 Å². The van der Waals surface area contributed by atoms with E-state index in [0.29, 0.717) is 12.2 Å². The molecule has 23 heavy (non-hydrogen) atoms. The third-order valence-electron chi connectivity index (χ3n) is 3.52. The largest absolute Gasteiger partial charge is 0.461 e. The van der Waals surface area contributed by atoms with Gasteiger partial charge in [0.1, 0.15) is 5.02 Å².